The number of unbranched alkanes of at least 4 members (excludes halogenated alkanes) is 2. The molecule has 0 atom stereocenters. The maximum atomic E-state index is 2.24. The molecule has 0 rings (SSSR count). The third kappa shape index (κ3) is 11.1. The zero-order chi connectivity index (χ0) is 9.07. The van der Waals surface area contributed by atoms with Crippen molar-refractivity contribution in [2.75, 3.05) is 23.5 Å². The van der Waals surface area contributed by atoms with Gasteiger partial charge in [-0.05, 0) is 31.3 Å². The van der Waals surface area contributed by atoms with E-state index in [1.165, 1.54) is 42.9 Å². The second-order valence-corrected chi connectivity index (χ2v) is 6.39. The minimum atomic E-state index is 1.31. The molecule has 0 aromatic carbocycles. The first-order valence-corrected chi connectivity index (χ1v) is 8.53. The molecule has 0 aromatic rings. The predicted molar refractivity (Wildman–Crippen MR) is 67.4 cm³/mol. The fourth-order valence-electron chi connectivity index (χ4n) is 0.785. The normalized spacial score (nSPS) is 10.5. The zero-order valence-electron chi connectivity index (χ0n) is 8.17. The van der Waals surface area contributed by atoms with E-state index in [1.54, 1.807) is 0 Å². The molecule has 0 unspecified atom stereocenters. The zero-order valence-corrected chi connectivity index (χ0v) is 10.6. The Kier molecular flexibility index (Phi) is 13.1. The monoisotopic (exact) mass is 224 g/mol. The van der Waals surface area contributed by atoms with Crippen LogP contribution >= 0.6 is 33.3 Å². The first-order valence-electron chi connectivity index (χ1n) is 4.65. The lowest BCUT2D eigenvalue weighted by Gasteiger charge is -1.99. The maximum Gasteiger partial charge on any atom is 0.00369 e. The lowest BCUT2D eigenvalue weighted by Crippen LogP contribution is -1.82. The third-order valence-electron chi connectivity index (χ3n) is 1.45. The van der Waals surface area contributed by atoms with Crippen molar-refractivity contribution in [3.8, 4) is 0 Å². The summed E-state index contributed by atoms with van der Waals surface area (Å²) in [4.78, 5) is 0. The van der Waals surface area contributed by atoms with Gasteiger partial charge in [0, 0.05) is 11.5 Å². The largest absolute Gasteiger partial charge is 0.165 e. The molecule has 0 saturated carbocycles. The van der Waals surface area contributed by atoms with Gasteiger partial charge in [-0.15, -0.1) is 0 Å². The molecule has 0 aliphatic rings. The lowest BCUT2D eigenvalue weighted by molar-refractivity contribution is 0.787. The molecule has 0 amide bonds. The van der Waals surface area contributed by atoms with E-state index in [0.717, 1.165) is 0 Å². The van der Waals surface area contributed by atoms with Gasteiger partial charge in [0.2, 0.25) is 0 Å². The van der Waals surface area contributed by atoms with Crippen LogP contribution in [0, 0.1) is 0 Å². The molecule has 0 radical (unpaired) electrons. The summed E-state index contributed by atoms with van der Waals surface area (Å²) in [5, 5.41) is 0. The van der Waals surface area contributed by atoms with E-state index in [0.29, 0.717) is 0 Å². The predicted octanol–water partition coefficient (Wildman–Crippen LogP) is 4.31. The van der Waals surface area contributed by atoms with Gasteiger partial charge in [0.15, 0.2) is 0 Å². The van der Waals surface area contributed by atoms with Crippen LogP contribution in [0.2, 0.25) is 0 Å². The average molecular weight is 224 g/mol. The van der Waals surface area contributed by atoms with Gasteiger partial charge in [-0.1, -0.05) is 34.9 Å². The topological polar surface area (TPSA) is 0 Å². The van der Waals surface area contributed by atoms with Gasteiger partial charge < -0.3 is 0 Å². The Hall–Kier alpha value is 1.05. The Morgan fingerprint density at radius 2 is 1.50 bits per heavy atom. The van der Waals surface area contributed by atoms with E-state index in [9.17, 15) is 0 Å². The van der Waals surface area contributed by atoms with Crippen LogP contribution in [-0.4, -0.2) is 23.5 Å². The van der Waals surface area contributed by atoms with Crippen molar-refractivity contribution < 1.29 is 0 Å². The van der Waals surface area contributed by atoms with Crippen LogP contribution in [0.15, 0.2) is 0 Å². The van der Waals surface area contributed by atoms with Gasteiger partial charge in [-0.3, -0.25) is 0 Å². The van der Waals surface area contributed by atoms with E-state index in [2.05, 4.69) is 13.2 Å². The lowest BCUT2D eigenvalue weighted by atomic mass is 10.3. The molecule has 0 aromatic heterocycles. The van der Waals surface area contributed by atoms with Gasteiger partial charge in [-0.25, -0.2) is 0 Å². The molecule has 0 N–H and O–H groups in total. The van der Waals surface area contributed by atoms with Crippen molar-refractivity contribution in [2.45, 2.75) is 32.6 Å². The third-order valence-corrected chi connectivity index (χ3v) is 4.84. The quantitative estimate of drug-likeness (QED) is 0.423. The maximum absolute atomic E-state index is 2.24. The minimum absolute atomic E-state index is 1.31. The molecular formula is C9H20S3. The molecule has 74 valence electrons. The van der Waals surface area contributed by atoms with Gasteiger partial charge >= 0.3 is 0 Å². The minimum Gasteiger partial charge on any atom is -0.165 e. The first kappa shape index (κ1) is 13.1. The second kappa shape index (κ2) is 12.0. The average Bonchev–Trinajstić information content (AvgIpc) is 2.10. The summed E-state index contributed by atoms with van der Waals surface area (Å²) >= 11 is 1.96. The number of rotatable bonds is 9. The van der Waals surface area contributed by atoms with E-state index < -0.39 is 0 Å². The number of hydrogen-bond donors (Lipinski definition) is 0. The standard InChI is InChI=1S/C9H20S3/c1-3-7-11-12-9-6-4-5-8-10-2/h3-9H2,1-2H3. The van der Waals surface area contributed by atoms with Crippen LogP contribution in [0.4, 0.5) is 0 Å². The molecule has 0 bridgehead atoms. The van der Waals surface area contributed by atoms with Crippen LogP contribution in [0.5, 0.6) is 0 Å². The highest BCUT2D eigenvalue weighted by Crippen LogP contribution is 2.23. The van der Waals surface area contributed by atoms with Gasteiger partial charge in [0.05, 0.1) is 0 Å². The van der Waals surface area contributed by atoms with Gasteiger partial charge in [-0.2, -0.15) is 11.8 Å². The summed E-state index contributed by atoms with van der Waals surface area (Å²) in [6.07, 6.45) is 7.72. The Balaban J connectivity index is 2.73. The second-order valence-electron chi connectivity index (χ2n) is 2.70. The van der Waals surface area contributed by atoms with Crippen molar-refractivity contribution in [3.63, 3.8) is 0 Å². The summed E-state index contributed by atoms with van der Waals surface area (Å²) in [6, 6.07) is 0. The van der Waals surface area contributed by atoms with Crippen molar-refractivity contribution >= 4 is 33.3 Å². The summed E-state index contributed by atoms with van der Waals surface area (Å²) < 4.78 is 0. The molecule has 3 heteroatoms. The number of hydrogen-bond acceptors (Lipinski definition) is 3. The van der Waals surface area contributed by atoms with Crippen molar-refractivity contribution in [1.82, 2.24) is 0 Å². The van der Waals surface area contributed by atoms with Crippen molar-refractivity contribution in [1.29, 1.82) is 0 Å². The highest BCUT2D eigenvalue weighted by atomic mass is 33.1. The first-order chi connectivity index (χ1) is 5.91. The molecule has 0 aliphatic carbocycles. The summed E-state index contributed by atoms with van der Waals surface area (Å²) in [6.45, 7) is 2.24. The Bertz CT molecular complexity index is 66.2. The number of thioether (sulfide) groups is 1. The Morgan fingerprint density at radius 1 is 0.833 bits per heavy atom. The molecular weight excluding hydrogens is 204 g/mol. The van der Waals surface area contributed by atoms with Crippen LogP contribution in [0.3, 0.4) is 0 Å². The van der Waals surface area contributed by atoms with Crippen LogP contribution < -0.4 is 0 Å². The summed E-state index contributed by atoms with van der Waals surface area (Å²) in [7, 11) is 4.07. The van der Waals surface area contributed by atoms with Gasteiger partial charge in [0.1, 0.15) is 0 Å². The molecule has 0 heterocycles. The Morgan fingerprint density at radius 3 is 2.17 bits per heavy atom. The van der Waals surface area contributed by atoms with Crippen LogP contribution in [0.1, 0.15) is 32.6 Å². The molecule has 12 heavy (non-hydrogen) atoms. The highest BCUT2D eigenvalue weighted by Gasteiger charge is 1.90. The molecule has 0 nitrogen and oxygen atoms in total. The van der Waals surface area contributed by atoms with Crippen molar-refractivity contribution in [2.24, 2.45) is 0 Å². The molecule has 0 spiro atoms. The van der Waals surface area contributed by atoms with E-state index >= 15 is 0 Å². The van der Waals surface area contributed by atoms with Gasteiger partial charge in [0.25, 0.3) is 0 Å². The Labute approximate surface area is 89.4 Å². The van der Waals surface area contributed by atoms with Crippen LogP contribution in [0.25, 0.3) is 0 Å². The van der Waals surface area contributed by atoms with Crippen LogP contribution in [-0.2, 0) is 0 Å². The summed E-state index contributed by atoms with van der Waals surface area (Å²) in [5.41, 5.74) is 0. The smallest absolute Gasteiger partial charge is 0.00369 e. The molecule has 0 aliphatic heterocycles. The fraction of sp³-hybridized carbons (Fsp3) is 1.00. The molecule has 0 saturated heterocycles. The van der Waals surface area contributed by atoms with E-state index in [4.69, 9.17) is 0 Å². The fourth-order valence-corrected chi connectivity index (χ4v) is 3.56. The molecule has 0 fully saturated rings. The van der Waals surface area contributed by atoms with E-state index in [1.807, 2.05) is 33.3 Å². The van der Waals surface area contributed by atoms with Crippen molar-refractivity contribution in [3.05, 3.63) is 0 Å². The SMILES string of the molecule is CCCSSCCCCCSC. The summed E-state index contributed by atoms with van der Waals surface area (Å²) in [5.74, 6) is 4.00. The highest BCUT2D eigenvalue weighted by molar-refractivity contribution is 8.76. The van der Waals surface area contributed by atoms with E-state index in [-0.39, 0.29) is 0 Å².